The highest BCUT2D eigenvalue weighted by Crippen LogP contribution is 2.25. The van der Waals surface area contributed by atoms with Gasteiger partial charge in [0.2, 0.25) is 0 Å². The van der Waals surface area contributed by atoms with Crippen LogP contribution in [0.5, 0.6) is 5.75 Å². The van der Waals surface area contributed by atoms with Crippen molar-refractivity contribution < 1.29 is 4.74 Å². The molecule has 24 heavy (non-hydrogen) atoms. The van der Waals surface area contributed by atoms with Crippen LogP contribution < -0.4 is 15.8 Å². The molecule has 0 atom stereocenters. The van der Waals surface area contributed by atoms with E-state index in [4.69, 9.17) is 10.5 Å². The van der Waals surface area contributed by atoms with Crippen LogP contribution in [0.1, 0.15) is 25.0 Å². The molecule has 2 rings (SSSR count). The van der Waals surface area contributed by atoms with Gasteiger partial charge in [-0.05, 0) is 36.8 Å². The van der Waals surface area contributed by atoms with Gasteiger partial charge in [0.15, 0.2) is 5.96 Å². The Morgan fingerprint density at radius 3 is 2.21 bits per heavy atom. The second-order valence-corrected chi connectivity index (χ2v) is 6.30. The molecule has 0 amide bonds. The lowest BCUT2D eigenvalue weighted by Crippen LogP contribution is -2.27. The molecule has 0 aliphatic rings. The molecule has 0 aromatic heterocycles. The molecule has 0 aliphatic carbocycles. The Bertz CT molecular complexity index is 664. The summed E-state index contributed by atoms with van der Waals surface area (Å²) in [4.78, 5) is 4.48. The molecule has 0 spiro atoms. The third kappa shape index (κ3) is 5.70. The number of halogens is 1. The predicted octanol–water partition coefficient (Wildman–Crippen LogP) is 4.33. The standard InChI is InChI=1S/C19H25N3O.HI/c1-14-5-9-16(10-6-14)22-18(20)21-13-19(2,3)15-7-11-17(23-4)12-8-15;/h5-12H,13H2,1-4H3,(H3,20,21,22);1H. The van der Waals surface area contributed by atoms with E-state index in [0.717, 1.165) is 11.4 Å². The molecule has 0 bridgehead atoms. The van der Waals surface area contributed by atoms with Crippen LogP contribution in [-0.4, -0.2) is 19.6 Å². The van der Waals surface area contributed by atoms with Gasteiger partial charge in [0.1, 0.15) is 5.75 Å². The van der Waals surface area contributed by atoms with Gasteiger partial charge in [0, 0.05) is 11.1 Å². The molecule has 2 aromatic carbocycles. The number of nitrogens with zero attached hydrogens (tertiary/aromatic N) is 1. The number of methoxy groups -OCH3 is 1. The van der Waals surface area contributed by atoms with Crippen LogP contribution in [0.3, 0.4) is 0 Å². The van der Waals surface area contributed by atoms with Gasteiger partial charge in [-0.1, -0.05) is 43.7 Å². The van der Waals surface area contributed by atoms with Crippen molar-refractivity contribution in [2.24, 2.45) is 10.7 Å². The zero-order valence-corrected chi connectivity index (χ0v) is 17.0. The topological polar surface area (TPSA) is 59.6 Å². The lowest BCUT2D eigenvalue weighted by molar-refractivity contribution is 0.414. The molecule has 0 saturated heterocycles. The molecule has 4 nitrogen and oxygen atoms in total. The highest BCUT2D eigenvalue weighted by atomic mass is 127. The minimum absolute atomic E-state index is 0. The van der Waals surface area contributed by atoms with Crippen molar-refractivity contribution in [1.82, 2.24) is 0 Å². The second-order valence-electron chi connectivity index (χ2n) is 6.30. The smallest absolute Gasteiger partial charge is 0.193 e. The van der Waals surface area contributed by atoms with E-state index in [1.165, 1.54) is 11.1 Å². The maximum absolute atomic E-state index is 5.99. The second kappa shape index (κ2) is 8.92. The Labute approximate surface area is 161 Å². The van der Waals surface area contributed by atoms with Crippen LogP contribution in [0.15, 0.2) is 53.5 Å². The van der Waals surface area contributed by atoms with Crippen LogP contribution >= 0.6 is 24.0 Å². The van der Waals surface area contributed by atoms with E-state index in [-0.39, 0.29) is 29.4 Å². The van der Waals surface area contributed by atoms with E-state index in [2.05, 4.69) is 43.2 Å². The Kier molecular flexibility index (Phi) is 7.54. The molecular formula is C19H26IN3O. The average molecular weight is 439 g/mol. The molecule has 5 heteroatoms. The number of nitrogens with one attached hydrogen (secondary N) is 1. The van der Waals surface area contributed by atoms with Crippen LogP contribution in [0.25, 0.3) is 0 Å². The maximum atomic E-state index is 5.99. The van der Waals surface area contributed by atoms with Crippen LogP contribution in [0.4, 0.5) is 5.69 Å². The van der Waals surface area contributed by atoms with E-state index < -0.39 is 0 Å². The zero-order chi connectivity index (χ0) is 16.9. The van der Waals surface area contributed by atoms with E-state index in [9.17, 15) is 0 Å². The highest BCUT2D eigenvalue weighted by Gasteiger charge is 2.20. The lowest BCUT2D eigenvalue weighted by atomic mass is 9.85. The monoisotopic (exact) mass is 439 g/mol. The number of benzene rings is 2. The van der Waals surface area contributed by atoms with Gasteiger partial charge in [-0.15, -0.1) is 24.0 Å². The Morgan fingerprint density at radius 2 is 1.67 bits per heavy atom. The summed E-state index contributed by atoms with van der Waals surface area (Å²) in [5, 5.41) is 3.12. The van der Waals surface area contributed by atoms with E-state index in [0.29, 0.717) is 12.5 Å². The summed E-state index contributed by atoms with van der Waals surface area (Å²) in [6.07, 6.45) is 0. The molecule has 0 fully saturated rings. The molecule has 0 heterocycles. The fraction of sp³-hybridized carbons (Fsp3) is 0.316. The van der Waals surface area contributed by atoms with E-state index in [1.54, 1.807) is 7.11 Å². The summed E-state index contributed by atoms with van der Waals surface area (Å²) in [5.74, 6) is 1.28. The largest absolute Gasteiger partial charge is 0.497 e. The van der Waals surface area contributed by atoms with Crippen molar-refractivity contribution in [2.45, 2.75) is 26.2 Å². The Hall–Kier alpha value is -1.76. The number of ether oxygens (including phenoxy) is 1. The normalized spacial score (nSPS) is 11.6. The molecule has 0 radical (unpaired) electrons. The first-order valence-electron chi connectivity index (χ1n) is 7.69. The Balaban J connectivity index is 0.00000288. The van der Waals surface area contributed by atoms with Crippen LogP contribution in [-0.2, 0) is 5.41 Å². The number of rotatable bonds is 5. The molecule has 0 unspecified atom stereocenters. The number of hydrogen-bond donors (Lipinski definition) is 2. The van der Waals surface area contributed by atoms with Gasteiger partial charge in [-0.2, -0.15) is 0 Å². The van der Waals surface area contributed by atoms with Crippen molar-refractivity contribution in [3.63, 3.8) is 0 Å². The molecule has 2 aromatic rings. The Morgan fingerprint density at radius 1 is 1.08 bits per heavy atom. The van der Waals surface area contributed by atoms with Gasteiger partial charge in [-0.3, -0.25) is 4.99 Å². The van der Waals surface area contributed by atoms with E-state index in [1.807, 2.05) is 36.4 Å². The van der Waals surface area contributed by atoms with Gasteiger partial charge < -0.3 is 15.8 Å². The third-order valence-corrected chi connectivity index (χ3v) is 3.84. The first kappa shape index (κ1) is 20.3. The van der Waals surface area contributed by atoms with Crippen molar-refractivity contribution in [3.8, 4) is 5.75 Å². The quantitative estimate of drug-likeness (QED) is 0.414. The number of hydrogen-bond acceptors (Lipinski definition) is 2. The number of anilines is 1. The fourth-order valence-electron chi connectivity index (χ4n) is 2.24. The van der Waals surface area contributed by atoms with Crippen molar-refractivity contribution in [1.29, 1.82) is 0 Å². The van der Waals surface area contributed by atoms with Crippen molar-refractivity contribution in [2.75, 3.05) is 19.0 Å². The van der Waals surface area contributed by atoms with Crippen molar-refractivity contribution in [3.05, 3.63) is 59.7 Å². The summed E-state index contributed by atoms with van der Waals surface area (Å²) < 4.78 is 5.20. The maximum Gasteiger partial charge on any atom is 0.193 e. The van der Waals surface area contributed by atoms with E-state index >= 15 is 0 Å². The van der Waals surface area contributed by atoms with Crippen molar-refractivity contribution >= 4 is 35.6 Å². The minimum atomic E-state index is -0.105. The minimum Gasteiger partial charge on any atom is -0.497 e. The number of nitrogens with two attached hydrogens (primary N) is 1. The predicted molar refractivity (Wildman–Crippen MR) is 113 cm³/mol. The SMILES string of the molecule is COc1ccc(C(C)(C)CN=C(N)Nc2ccc(C)cc2)cc1.I. The molecule has 0 aliphatic heterocycles. The summed E-state index contributed by atoms with van der Waals surface area (Å²) in [6.45, 7) is 6.96. The summed E-state index contributed by atoms with van der Waals surface area (Å²) in [5.41, 5.74) is 9.25. The van der Waals surface area contributed by atoms with Gasteiger partial charge in [-0.25, -0.2) is 0 Å². The first-order chi connectivity index (χ1) is 10.9. The lowest BCUT2D eigenvalue weighted by Gasteiger charge is -2.23. The van der Waals surface area contributed by atoms with Gasteiger partial charge in [0.05, 0.1) is 13.7 Å². The zero-order valence-electron chi connectivity index (χ0n) is 14.7. The number of guanidine groups is 1. The third-order valence-electron chi connectivity index (χ3n) is 3.84. The average Bonchev–Trinajstić information content (AvgIpc) is 2.55. The molecule has 3 N–H and O–H groups in total. The number of aryl methyl sites for hydroxylation is 1. The van der Waals surface area contributed by atoms with Crippen LogP contribution in [0.2, 0.25) is 0 Å². The summed E-state index contributed by atoms with van der Waals surface area (Å²) >= 11 is 0. The van der Waals surface area contributed by atoms with Gasteiger partial charge >= 0.3 is 0 Å². The summed E-state index contributed by atoms with van der Waals surface area (Å²) in [6, 6.07) is 16.1. The molecule has 0 saturated carbocycles. The highest BCUT2D eigenvalue weighted by molar-refractivity contribution is 14.0. The fourth-order valence-corrected chi connectivity index (χ4v) is 2.24. The van der Waals surface area contributed by atoms with Gasteiger partial charge in [0.25, 0.3) is 0 Å². The molecule has 130 valence electrons. The first-order valence-corrected chi connectivity index (χ1v) is 7.69. The number of aliphatic imine (C=N–C) groups is 1. The molecular weight excluding hydrogens is 413 g/mol. The van der Waals surface area contributed by atoms with Crippen LogP contribution in [0, 0.1) is 6.92 Å². The summed E-state index contributed by atoms with van der Waals surface area (Å²) in [7, 11) is 1.67.